The number of hydrogen-bond donors (Lipinski definition) is 0. The molecule has 0 unspecified atom stereocenters. The van der Waals surface area contributed by atoms with Crippen LogP contribution in [0.3, 0.4) is 0 Å². The van der Waals surface area contributed by atoms with Gasteiger partial charge in [-0.2, -0.15) is 10.4 Å². The quantitative estimate of drug-likeness (QED) is 0.822. The largest absolute Gasteiger partial charge is 0.496 e. The zero-order valence-corrected chi connectivity index (χ0v) is 15.0. The highest BCUT2D eigenvalue weighted by Crippen LogP contribution is 2.50. The topological polar surface area (TPSA) is 63.7 Å². The van der Waals surface area contributed by atoms with Gasteiger partial charge in [-0.1, -0.05) is 31.4 Å². The second-order valence-corrected chi connectivity index (χ2v) is 7.66. The smallest absolute Gasteiger partial charge is 0.167 e. The number of nitrogens with zero attached hydrogens (tertiary/aromatic N) is 4. The van der Waals surface area contributed by atoms with E-state index in [9.17, 15) is 5.26 Å². The van der Waals surface area contributed by atoms with E-state index < -0.39 is 0 Å². The molecule has 1 aromatic heterocycles. The predicted octanol–water partition coefficient (Wildman–Crippen LogP) is 4.34. The van der Waals surface area contributed by atoms with Crippen LogP contribution in [0.15, 0.2) is 36.2 Å². The number of thioether (sulfide) groups is 1. The summed E-state index contributed by atoms with van der Waals surface area (Å²) in [5.74, 6) is 1.83. The zero-order valence-electron chi connectivity index (χ0n) is 14.2. The van der Waals surface area contributed by atoms with Gasteiger partial charge < -0.3 is 4.74 Å². The van der Waals surface area contributed by atoms with E-state index in [4.69, 9.17) is 4.74 Å². The number of methoxy groups -OCH3 is 1. The number of benzene rings is 1. The Morgan fingerprint density at radius 1 is 1.24 bits per heavy atom. The molecular weight excluding hydrogens is 332 g/mol. The Morgan fingerprint density at radius 2 is 2.08 bits per heavy atom. The van der Waals surface area contributed by atoms with Crippen LogP contribution in [0.2, 0.25) is 0 Å². The first-order valence-corrected chi connectivity index (χ1v) is 9.56. The van der Waals surface area contributed by atoms with Gasteiger partial charge in [0.1, 0.15) is 17.1 Å². The Hall–Kier alpha value is -2.26. The predicted molar refractivity (Wildman–Crippen MR) is 98.8 cm³/mol. The molecule has 0 spiro atoms. The minimum Gasteiger partial charge on any atom is -0.496 e. The lowest BCUT2D eigenvalue weighted by Gasteiger charge is -2.14. The van der Waals surface area contributed by atoms with Gasteiger partial charge in [-0.3, -0.25) is 0 Å². The van der Waals surface area contributed by atoms with Crippen molar-refractivity contribution in [1.29, 1.82) is 5.26 Å². The summed E-state index contributed by atoms with van der Waals surface area (Å²) in [5.41, 5.74) is 1.76. The molecule has 0 saturated heterocycles. The van der Waals surface area contributed by atoms with Gasteiger partial charge in [-0.25, -0.2) is 9.67 Å². The van der Waals surface area contributed by atoms with Gasteiger partial charge in [-0.05, 0) is 25.0 Å². The van der Waals surface area contributed by atoms with Crippen LogP contribution in [0.4, 0.5) is 0 Å². The highest BCUT2D eigenvalue weighted by molar-refractivity contribution is 8.08. The molecule has 1 aliphatic carbocycles. The van der Waals surface area contributed by atoms with E-state index in [-0.39, 0.29) is 0 Å². The first kappa shape index (κ1) is 16.2. The van der Waals surface area contributed by atoms with Crippen LogP contribution in [0, 0.1) is 17.2 Å². The van der Waals surface area contributed by atoms with E-state index in [1.165, 1.54) is 25.7 Å². The number of ether oxygens (including phenoxy) is 1. The SMILES string of the molecule is COc1ccccc1-c1ncnn1C1=C(C#N)[C@@H]2CCCCC[C@@H]2S1. The molecule has 6 heteroatoms. The lowest BCUT2D eigenvalue weighted by Crippen LogP contribution is -2.12. The Morgan fingerprint density at radius 3 is 2.92 bits per heavy atom. The number of hydrogen-bond acceptors (Lipinski definition) is 5. The van der Waals surface area contributed by atoms with Gasteiger partial charge >= 0.3 is 0 Å². The van der Waals surface area contributed by atoms with Crippen molar-refractivity contribution < 1.29 is 4.74 Å². The maximum Gasteiger partial charge on any atom is 0.167 e. The number of fused-ring (bicyclic) bond motifs is 1. The van der Waals surface area contributed by atoms with Crippen LogP contribution < -0.4 is 4.74 Å². The summed E-state index contributed by atoms with van der Waals surface area (Å²) in [5, 5.41) is 15.7. The van der Waals surface area contributed by atoms with Crippen LogP contribution in [0.25, 0.3) is 16.4 Å². The number of para-hydroxylation sites is 1. The highest BCUT2D eigenvalue weighted by atomic mass is 32.2. The van der Waals surface area contributed by atoms with E-state index >= 15 is 0 Å². The molecule has 1 fully saturated rings. The summed E-state index contributed by atoms with van der Waals surface area (Å²) in [7, 11) is 1.65. The first-order valence-electron chi connectivity index (χ1n) is 8.68. The normalized spacial score (nSPS) is 23.0. The molecular formula is C19H20N4OS. The fourth-order valence-electron chi connectivity index (χ4n) is 3.81. The molecule has 25 heavy (non-hydrogen) atoms. The van der Waals surface area contributed by atoms with Crippen LogP contribution in [0.1, 0.15) is 32.1 Å². The van der Waals surface area contributed by atoms with Crippen LogP contribution in [-0.2, 0) is 0 Å². The minimum atomic E-state index is 0.349. The Labute approximate surface area is 151 Å². The van der Waals surface area contributed by atoms with Gasteiger partial charge in [0.05, 0.1) is 24.3 Å². The van der Waals surface area contributed by atoms with Crippen molar-refractivity contribution in [1.82, 2.24) is 14.8 Å². The number of nitriles is 1. The fraction of sp³-hybridized carbons (Fsp3) is 0.421. The minimum absolute atomic E-state index is 0.349. The molecule has 0 N–H and O–H groups in total. The molecule has 2 aromatic rings. The molecule has 0 bridgehead atoms. The number of allylic oxidation sites excluding steroid dienone is 1. The summed E-state index contributed by atoms with van der Waals surface area (Å²) in [6.07, 6.45) is 7.55. The lowest BCUT2D eigenvalue weighted by atomic mass is 9.93. The van der Waals surface area contributed by atoms with Crippen molar-refractivity contribution in [2.24, 2.45) is 5.92 Å². The maximum atomic E-state index is 9.82. The molecule has 1 aromatic carbocycles. The van der Waals surface area contributed by atoms with E-state index in [1.807, 2.05) is 28.9 Å². The molecule has 0 amide bonds. The monoisotopic (exact) mass is 352 g/mol. The zero-order chi connectivity index (χ0) is 17.2. The number of aromatic nitrogens is 3. The van der Waals surface area contributed by atoms with Crippen molar-refractivity contribution in [3.63, 3.8) is 0 Å². The summed E-state index contributed by atoms with van der Waals surface area (Å²) >= 11 is 1.80. The molecule has 5 nitrogen and oxygen atoms in total. The van der Waals surface area contributed by atoms with Gasteiger partial charge in [0.2, 0.25) is 0 Å². The molecule has 0 radical (unpaired) electrons. The third kappa shape index (κ3) is 2.83. The van der Waals surface area contributed by atoms with E-state index in [1.54, 1.807) is 25.2 Å². The van der Waals surface area contributed by atoms with E-state index in [0.717, 1.165) is 34.2 Å². The molecule has 4 rings (SSSR count). The summed E-state index contributed by atoms with van der Waals surface area (Å²) in [6, 6.07) is 10.3. The molecule has 2 heterocycles. The second-order valence-electron chi connectivity index (χ2n) is 6.43. The van der Waals surface area contributed by atoms with Crippen molar-refractivity contribution in [2.75, 3.05) is 7.11 Å². The average molecular weight is 352 g/mol. The maximum absolute atomic E-state index is 9.82. The lowest BCUT2D eigenvalue weighted by molar-refractivity contribution is 0.416. The molecule has 1 aliphatic heterocycles. The summed E-state index contributed by atoms with van der Waals surface area (Å²) < 4.78 is 7.31. The van der Waals surface area contributed by atoms with Gasteiger partial charge in [-0.15, -0.1) is 11.8 Å². The summed E-state index contributed by atoms with van der Waals surface area (Å²) in [6.45, 7) is 0. The second kappa shape index (κ2) is 6.93. The van der Waals surface area contributed by atoms with E-state index in [2.05, 4.69) is 16.2 Å². The summed E-state index contributed by atoms with van der Waals surface area (Å²) in [4.78, 5) is 4.46. The number of rotatable bonds is 3. The van der Waals surface area contributed by atoms with Gasteiger partial charge in [0.25, 0.3) is 0 Å². The Bertz CT molecular complexity index is 851. The van der Waals surface area contributed by atoms with Crippen LogP contribution in [0.5, 0.6) is 5.75 Å². The van der Waals surface area contributed by atoms with Gasteiger partial charge in [0, 0.05) is 11.2 Å². The van der Waals surface area contributed by atoms with Crippen LogP contribution in [-0.4, -0.2) is 27.1 Å². The standard InChI is InChI=1S/C19H20N4OS/c1-24-16-9-6-5-8-14(16)18-21-12-22-23(18)19-15(11-20)13-7-3-2-4-10-17(13)25-19/h5-6,8-9,12-13,17H,2-4,7,10H2,1H3/t13-,17-/m0/s1. The molecule has 2 atom stereocenters. The third-order valence-electron chi connectivity index (χ3n) is 5.03. The molecule has 2 aliphatic rings. The van der Waals surface area contributed by atoms with Crippen molar-refractivity contribution in [3.8, 4) is 23.2 Å². The van der Waals surface area contributed by atoms with Crippen molar-refractivity contribution in [3.05, 3.63) is 36.2 Å². The van der Waals surface area contributed by atoms with Crippen LogP contribution >= 0.6 is 11.8 Å². The third-order valence-corrected chi connectivity index (χ3v) is 6.51. The molecule has 1 saturated carbocycles. The molecule has 128 valence electrons. The average Bonchev–Trinajstić information content (AvgIpc) is 3.19. The Kier molecular flexibility index (Phi) is 4.50. The van der Waals surface area contributed by atoms with Gasteiger partial charge in [0.15, 0.2) is 5.82 Å². The fourth-order valence-corrected chi connectivity index (χ4v) is 5.37. The van der Waals surface area contributed by atoms with E-state index in [0.29, 0.717) is 11.2 Å². The Balaban J connectivity index is 1.80. The van der Waals surface area contributed by atoms with Crippen molar-refractivity contribution in [2.45, 2.75) is 37.4 Å². The first-order chi connectivity index (χ1) is 12.3. The van der Waals surface area contributed by atoms with Crippen molar-refractivity contribution >= 4 is 16.8 Å². The highest BCUT2D eigenvalue weighted by Gasteiger charge is 2.38.